The van der Waals surface area contributed by atoms with Crippen LogP contribution in [0.3, 0.4) is 0 Å². The van der Waals surface area contributed by atoms with Crippen molar-refractivity contribution in [2.24, 2.45) is 7.05 Å². The van der Waals surface area contributed by atoms with Gasteiger partial charge in [0.15, 0.2) is 0 Å². The van der Waals surface area contributed by atoms with Gasteiger partial charge in [0.05, 0.1) is 11.4 Å². The van der Waals surface area contributed by atoms with Crippen LogP contribution in [0.25, 0.3) is 11.3 Å². The fourth-order valence-corrected chi connectivity index (χ4v) is 2.13. The molecule has 98 valence electrons. The van der Waals surface area contributed by atoms with Gasteiger partial charge < -0.3 is 5.73 Å². The van der Waals surface area contributed by atoms with E-state index in [4.69, 9.17) is 5.73 Å². The van der Waals surface area contributed by atoms with Crippen molar-refractivity contribution in [3.8, 4) is 11.3 Å². The monoisotopic (exact) mass is 247 g/mol. The van der Waals surface area contributed by atoms with Crippen LogP contribution in [0.2, 0.25) is 0 Å². The van der Waals surface area contributed by atoms with Crippen molar-refractivity contribution in [3.05, 3.63) is 17.6 Å². The van der Waals surface area contributed by atoms with Gasteiger partial charge in [-0.15, -0.1) is 0 Å². The fraction of sp³-hybridized carbons (Fsp3) is 0.538. The molecule has 0 fully saturated rings. The number of anilines is 1. The minimum absolute atomic E-state index is 0.360. The predicted molar refractivity (Wildman–Crippen MR) is 73.3 cm³/mol. The molecule has 0 aliphatic rings. The van der Waals surface area contributed by atoms with Crippen LogP contribution in [0.15, 0.2) is 6.20 Å². The van der Waals surface area contributed by atoms with Crippen LogP contribution in [-0.2, 0) is 7.05 Å². The van der Waals surface area contributed by atoms with Crippen molar-refractivity contribution in [3.63, 3.8) is 0 Å². The van der Waals surface area contributed by atoms with E-state index >= 15 is 0 Å². The van der Waals surface area contributed by atoms with E-state index in [0.29, 0.717) is 6.04 Å². The first-order valence-corrected chi connectivity index (χ1v) is 6.30. The third-order valence-electron chi connectivity index (χ3n) is 3.55. The largest absolute Gasteiger partial charge is 0.396 e. The zero-order valence-corrected chi connectivity index (χ0v) is 11.7. The number of hydrogen-bond acceptors (Lipinski definition) is 3. The third-order valence-corrected chi connectivity index (χ3v) is 3.55. The molecule has 5 heteroatoms. The second-order valence-corrected chi connectivity index (χ2v) is 4.84. The molecule has 1 unspecified atom stereocenters. The summed E-state index contributed by atoms with van der Waals surface area (Å²) in [6, 6.07) is 0.360. The Morgan fingerprint density at radius 1 is 1.33 bits per heavy atom. The third kappa shape index (κ3) is 1.89. The van der Waals surface area contributed by atoms with Crippen LogP contribution in [0.1, 0.15) is 37.7 Å². The van der Waals surface area contributed by atoms with Gasteiger partial charge in [0.2, 0.25) is 0 Å². The lowest BCUT2D eigenvalue weighted by atomic mass is 10.1. The molecule has 5 nitrogen and oxygen atoms in total. The average molecular weight is 247 g/mol. The number of nitrogens with two attached hydrogens (primary N) is 1. The summed E-state index contributed by atoms with van der Waals surface area (Å²) in [6.07, 6.45) is 2.95. The molecule has 0 spiro atoms. The van der Waals surface area contributed by atoms with Crippen molar-refractivity contribution in [2.75, 3.05) is 5.73 Å². The Labute approximate surface area is 108 Å². The molecule has 2 heterocycles. The van der Waals surface area contributed by atoms with E-state index in [1.807, 2.05) is 36.5 Å². The Morgan fingerprint density at radius 3 is 2.50 bits per heavy atom. The Bertz CT molecular complexity index is 564. The molecule has 2 aromatic rings. The number of aromatic nitrogens is 4. The Balaban J connectivity index is 2.54. The lowest BCUT2D eigenvalue weighted by Gasteiger charge is -2.07. The van der Waals surface area contributed by atoms with Gasteiger partial charge in [0, 0.05) is 30.5 Å². The number of aryl methyl sites for hydroxylation is 2. The molecule has 0 bridgehead atoms. The maximum atomic E-state index is 6.09. The highest BCUT2D eigenvalue weighted by atomic mass is 15.3. The summed E-state index contributed by atoms with van der Waals surface area (Å²) < 4.78 is 3.81. The van der Waals surface area contributed by atoms with Crippen LogP contribution >= 0.6 is 0 Å². The first-order valence-electron chi connectivity index (χ1n) is 6.30. The predicted octanol–water partition coefficient (Wildman–Crippen LogP) is 2.45. The second kappa shape index (κ2) is 4.48. The lowest BCUT2D eigenvalue weighted by molar-refractivity contribution is 0.479. The fourth-order valence-electron chi connectivity index (χ4n) is 2.13. The molecule has 2 aromatic heterocycles. The molecule has 18 heavy (non-hydrogen) atoms. The maximum absolute atomic E-state index is 6.09. The molecule has 0 saturated heterocycles. The lowest BCUT2D eigenvalue weighted by Crippen LogP contribution is -2.04. The molecule has 0 aliphatic heterocycles. The quantitative estimate of drug-likeness (QED) is 0.906. The first-order chi connectivity index (χ1) is 8.45. The van der Waals surface area contributed by atoms with Gasteiger partial charge in [-0.3, -0.25) is 9.36 Å². The summed E-state index contributed by atoms with van der Waals surface area (Å²) in [7, 11) is 1.94. The molecular formula is C13H21N5. The van der Waals surface area contributed by atoms with Crippen molar-refractivity contribution in [1.29, 1.82) is 0 Å². The first kappa shape index (κ1) is 12.7. The summed E-state index contributed by atoms with van der Waals surface area (Å²) in [5.41, 5.74) is 10.8. The highest BCUT2D eigenvalue weighted by molar-refractivity contribution is 5.75. The number of rotatable bonds is 3. The summed E-state index contributed by atoms with van der Waals surface area (Å²) in [5, 5.41) is 9.04. The number of hydrogen-bond donors (Lipinski definition) is 1. The van der Waals surface area contributed by atoms with Crippen molar-refractivity contribution >= 4 is 5.69 Å². The van der Waals surface area contributed by atoms with E-state index in [1.54, 1.807) is 0 Å². The summed E-state index contributed by atoms with van der Waals surface area (Å²) in [5.74, 6) is 0. The summed E-state index contributed by atoms with van der Waals surface area (Å²) in [4.78, 5) is 0. The molecule has 0 radical (unpaired) electrons. The van der Waals surface area contributed by atoms with Crippen LogP contribution in [0.4, 0.5) is 5.69 Å². The van der Waals surface area contributed by atoms with E-state index in [2.05, 4.69) is 24.0 Å². The molecule has 2 N–H and O–H groups in total. The smallest absolute Gasteiger partial charge is 0.119 e. The van der Waals surface area contributed by atoms with Gasteiger partial charge in [-0.05, 0) is 27.2 Å². The van der Waals surface area contributed by atoms with Crippen LogP contribution in [-0.4, -0.2) is 19.6 Å². The zero-order chi connectivity index (χ0) is 13.4. The number of nitrogens with zero attached hydrogens (tertiary/aromatic N) is 4. The molecule has 0 aliphatic carbocycles. The van der Waals surface area contributed by atoms with Crippen molar-refractivity contribution in [2.45, 2.75) is 40.2 Å². The molecule has 2 rings (SSSR count). The summed E-state index contributed by atoms with van der Waals surface area (Å²) in [6.45, 7) is 8.31. The van der Waals surface area contributed by atoms with E-state index in [0.717, 1.165) is 34.8 Å². The van der Waals surface area contributed by atoms with E-state index < -0.39 is 0 Å². The highest BCUT2D eigenvalue weighted by Crippen LogP contribution is 2.30. The Kier molecular flexibility index (Phi) is 3.15. The maximum Gasteiger partial charge on any atom is 0.119 e. The van der Waals surface area contributed by atoms with Crippen molar-refractivity contribution in [1.82, 2.24) is 19.6 Å². The van der Waals surface area contributed by atoms with Gasteiger partial charge in [0.1, 0.15) is 5.69 Å². The molecule has 0 saturated carbocycles. The summed E-state index contributed by atoms with van der Waals surface area (Å²) >= 11 is 0. The van der Waals surface area contributed by atoms with E-state index in [1.165, 1.54) is 0 Å². The number of nitrogen functional groups attached to an aromatic ring is 1. The second-order valence-electron chi connectivity index (χ2n) is 4.84. The zero-order valence-electron chi connectivity index (χ0n) is 11.7. The minimum atomic E-state index is 0.360. The van der Waals surface area contributed by atoms with E-state index in [-0.39, 0.29) is 0 Å². The normalized spacial score (nSPS) is 12.9. The van der Waals surface area contributed by atoms with Gasteiger partial charge in [-0.2, -0.15) is 10.2 Å². The molecule has 0 aromatic carbocycles. The highest BCUT2D eigenvalue weighted by Gasteiger charge is 2.18. The van der Waals surface area contributed by atoms with Crippen LogP contribution < -0.4 is 5.73 Å². The standard InChI is InChI=1S/C13H21N5/c1-6-8(2)18-7-11(14)13(16-18)12-9(3)15-17(5)10(12)4/h7-8H,6,14H2,1-5H3. The molecule has 0 amide bonds. The topological polar surface area (TPSA) is 61.7 Å². The average Bonchev–Trinajstić information content (AvgIpc) is 2.80. The van der Waals surface area contributed by atoms with Crippen LogP contribution in [0, 0.1) is 13.8 Å². The minimum Gasteiger partial charge on any atom is -0.396 e. The van der Waals surface area contributed by atoms with Crippen molar-refractivity contribution < 1.29 is 0 Å². The Morgan fingerprint density at radius 2 is 2.00 bits per heavy atom. The Hall–Kier alpha value is -1.78. The molecular weight excluding hydrogens is 226 g/mol. The van der Waals surface area contributed by atoms with E-state index in [9.17, 15) is 0 Å². The SMILES string of the molecule is CCC(C)n1cc(N)c(-c2c(C)nn(C)c2C)n1. The van der Waals surface area contributed by atoms with Gasteiger partial charge in [-0.25, -0.2) is 0 Å². The van der Waals surface area contributed by atoms with Gasteiger partial charge in [-0.1, -0.05) is 6.92 Å². The van der Waals surface area contributed by atoms with Gasteiger partial charge >= 0.3 is 0 Å². The molecule has 1 atom stereocenters. The van der Waals surface area contributed by atoms with Crippen LogP contribution in [0.5, 0.6) is 0 Å². The van der Waals surface area contributed by atoms with Gasteiger partial charge in [0.25, 0.3) is 0 Å².